The van der Waals surface area contributed by atoms with Crippen molar-refractivity contribution >= 4 is 29.1 Å². The lowest BCUT2D eigenvalue weighted by molar-refractivity contribution is 0.0937. The molecule has 0 bridgehead atoms. The highest BCUT2D eigenvalue weighted by Crippen LogP contribution is 2.21. The minimum absolute atomic E-state index is 0.0163. The van der Waals surface area contributed by atoms with Crippen LogP contribution in [-0.4, -0.2) is 21.9 Å². The van der Waals surface area contributed by atoms with Gasteiger partial charge in [0.05, 0.1) is 10.6 Å². The van der Waals surface area contributed by atoms with Crippen molar-refractivity contribution in [3.63, 3.8) is 0 Å². The zero-order valence-electron chi connectivity index (χ0n) is 12.4. The van der Waals surface area contributed by atoms with Crippen LogP contribution in [0.4, 0.5) is 16.0 Å². The normalized spacial score (nSPS) is 14.7. The second-order valence-electron chi connectivity index (χ2n) is 5.50. The van der Waals surface area contributed by atoms with Crippen LogP contribution in [0.15, 0.2) is 30.6 Å². The predicted octanol–water partition coefficient (Wildman–Crippen LogP) is 3.69. The van der Waals surface area contributed by atoms with Gasteiger partial charge < -0.3 is 10.6 Å². The number of carbonyl (C=O) groups is 1. The SMILES string of the molecule is O=C(NC1CCCC1)c1cnc(Nc2ccc(F)c(Cl)c2)nc1. The van der Waals surface area contributed by atoms with Crippen molar-refractivity contribution in [3.05, 3.63) is 47.0 Å². The van der Waals surface area contributed by atoms with E-state index in [0.717, 1.165) is 25.7 Å². The van der Waals surface area contributed by atoms with Gasteiger partial charge in [0.25, 0.3) is 5.91 Å². The van der Waals surface area contributed by atoms with Gasteiger partial charge in [-0.3, -0.25) is 4.79 Å². The molecule has 23 heavy (non-hydrogen) atoms. The van der Waals surface area contributed by atoms with Gasteiger partial charge in [0.15, 0.2) is 0 Å². The summed E-state index contributed by atoms with van der Waals surface area (Å²) in [5.41, 5.74) is 0.985. The van der Waals surface area contributed by atoms with E-state index in [0.29, 0.717) is 17.2 Å². The first-order valence-corrected chi connectivity index (χ1v) is 7.84. The summed E-state index contributed by atoms with van der Waals surface area (Å²) in [4.78, 5) is 20.3. The van der Waals surface area contributed by atoms with Gasteiger partial charge in [-0.1, -0.05) is 24.4 Å². The van der Waals surface area contributed by atoms with Crippen LogP contribution in [-0.2, 0) is 0 Å². The zero-order chi connectivity index (χ0) is 16.2. The Morgan fingerprint density at radius 3 is 2.57 bits per heavy atom. The molecule has 1 amide bonds. The maximum atomic E-state index is 13.1. The summed E-state index contributed by atoms with van der Waals surface area (Å²) in [7, 11) is 0. The van der Waals surface area contributed by atoms with Crippen molar-refractivity contribution in [2.75, 3.05) is 5.32 Å². The van der Waals surface area contributed by atoms with E-state index in [1.165, 1.54) is 30.6 Å². The Morgan fingerprint density at radius 1 is 1.22 bits per heavy atom. The number of carbonyl (C=O) groups excluding carboxylic acids is 1. The highest BCUT2D eigenvalue weighted by Gasteiger charge is 2.18. The molecule has 0 radical (unpaired) electrons. The third-order valence-electron chi connectivity index (χ3n) is 3.78. The predicted molar refractivity (Wildman–Crippen MR) is 86.4 cm³/mol. The van der Waals surface area contributed by atoms with Crippen molar-refractivity contribution in [1.82, 2.24) is 15.3 Å². The van der Waals surface area contributed by atoms with Gasteiger partial charge >= 0.3 is 0 Å². The number of aromatic nitrogens is 2. The number of nitrogens with one attached hydrogen (secondary N) is 2. The average Bonchev–Trinajstić information content (AvgIpc) is 3.04. The maximum Gasteiger partial charge on any atom is 0.254 e. The molecule has 1 aromatic heterocycles. The van der Waals surface area contributed by atoms with Crippen molar-refractivity contribution in [1.29, 1.82) is 0 Å². The van der Waals surface area contributed by atoms with Crippen LogP contribution in [0.5, 0.6) is 0 Å². The van der Waals surface area contributed by atoms with E-state index in [1.54, 1.807) is 0 Å². The highest BCUT2D eigenvalue weighted by atomic mass is 35.5. The number of rotatable bonds is 4. The van der Waals surface area contributed by atoms with Crippen molar-refractivity contribution in [2.45, 2.75) is 31.7 Å². The number of hydrogen-bond acceptors (Lipinski definition) is 4. The molecule has 3 rings (SSSR count). The van der Waals surface area contributed by atoms with E-state index in [2.05, 4.69) is 20.6 Å². The molecular weight excluding hydrogens is 319 g/mol. The number of anilines is 2. The fourth-order valence-corrected chi connectivity index (χ4v) is 2.73. The van der Waals surface area contributed by atoms with E-state index < -0.39 is 5.82 Å². The standard InChI is InChI=1S/C16H16ClFN4O/c17-13-7-12(5-6-14(13)18)22-16-19-8-10(9-20-16)15(23)21-11-3-1-2-4-11/h5-9,11H,1-4H2,(H,21,23)(H,19,20,22). The highest BCUT2D eigenvalue weighted by molar-refractivity contribution is 6.31. The van der Waals surface area contributed by atoms with Crippen LogP contribution < -0.4 is 10.6 Å². The number of nitrogens with zero attached hydrogens (tertiary/aromatic N) is 2. The molecule has 1 saturated carbocycles. The molecule has 0 saturated heterocycles. The molecule has 0 unspecified atom stereocenters. The Labute approximate surface area is 138 Å². The van der Waals surface area contributed by atoms with Crippen molar-refractivity contribution in [3.8, 4) is 0 Å². The first kappa shape index (κ1) is 15.7. The largest absolute Gasteiger partial charge is 0.349 e. The lowest BCUT2D eigenvalue weighted by Crippen LogP contribution is -2.32. The lowest BCUT2D eigenvalue weighted by Gasteiger charge is -2.11. The van der Waals surface area contributed by atoms with Gasteiger partial charge in [-0.15, -0.1) is 0 Å². The summed E-state index contributed by atoms with van der Waals surface area (Å²) < 4.78 is 13.1. The molecule has 120 valence electrons. The quantitative estimate of drug-likeness (QED) is 0.895. The first-order valence-electron chi connectivity index (χ1n) is 7.47. The monoisotopic (exact) mass is 334 g/mol. The van der Waals surface area contributed by atoms with E-state index in [1.807, 2.05) is 0 Å². The van der Waals surface area contributed by atoms with Gasteiger partial charge in [-0.25, -0.2) is 14.4 Å². The summed E-state index contributed by atoms with van der Waals surface area (Å²) in [6.45, 7) is 0. The lowest BCUT2D eigenvalue weighted by atomic mass is 10.2. The zero-order valence-corrected chi connectivity index (χ0v) is 13.1. The van der Waals surface area contributed by atoms with Gasteiger partial charge in [0.1, 0.15) is 5.82 Å². The summed E-state index contributed by atoms with van der Waals surface area (Å²) in [6.07, 6.45) is 7.29. The molecule has 1 aliphatic rings. The van der Waals surface area contributed by atoms with Crippen LogP contribution in [0.1, 0.15) is 36.0 Å². The molecule has 5 nitrogen and oxygen atoms in total. The molecule has 0 atom stereocenters. The molecule has 2 aromatic rings. The van der Waals surface area contributed by atoms with Crippen molar-refractivity contribution < 1.29 is 9.18 Å². The third-order valence-corrected chi connectivity index (χ3v) is 4.07. The molecule has 1 aromatic carbocycles. The topological polar surface area (TPSA) is 66.9 Å². The molecule has 0 spiro atoms. The van der Waals surface area contributed by atoms with Crippen LogP contribution >= 0.6 is 11.6 Å². The number of hydrogen-bond donors (Lipinski definition) is 2. The Balaban J connectivity index is 1.64. The van der Waals surface area contributed by atoms with Gasteiger partial charge in [-0.05, 0) is 31.0 Å². The Bertz CT molecular complexity index is 702. The Kier molecular flexibility index (Phi) is 4.71. The summed E-state index contributed by atoms with van der Waals surface area (Å²) in [5.74, 6) is -0.338. The molecule has 1 aliphatic carbocycles. The molecule has 1 fully saturated rings. The second-order valence-corrected chi connectivity index (χ2v) is 5.91. The maximum absolute atomic E-state index is 13.1. The van der Waals surface area contributed by atoms with Gasteiger partial charge in [-0.2, -0.15) is 0 Å². The Morgan fingerprint density at radius 2 is 1.91 bits per heavy atom. The summed E-state index contributed by atoms with van der Waals surface area (Å²) >= 11 is 5.72. The number of amides is 1. The van der Waals surface area contributed by atoms with Crippen molar-refractivity contribution in [2.24, 2.45) is 0 Å². The second kappa shape index (κ2) is 6.91. The molecule has 0 aliphatic heterocycles. The average molecular weight is 335 g/mol. The molecule has 2 N–H and O–H groups in total. The minimum atomic E-state index is -0.489. The first-order chi connectivity index (χ1) is 11.1. The van der Waals surface area contributed by atoms with Gasteiger partial charge in [0.2, 0.25) is 5.95 Å². The van der Waals surface area contributed by atoms with Crippen LogP contribution in [0.25, 0.3) is 0 Å². The fourth-order valence-electron chi connectivity index (χ4n) is 2.55. The number of benzene rings is 1. The summed E-state index contributed by atoms with van der Waals surface area (Å²) in [5, 5.41) is 5.90. The van der Waals surface area contributed by atoms with Crippen LogP contribution in [0, 0.1) is 5.82 Å². The van der Waals surface area contributed by atoms with Crippen LogP contribution in [0.2, 0.25) is 5.02 Å². The number of halogens is 2. The minimum Gasteiger partial charge on any atom is -0.349 e. The van der Waals surface area contributed by atoms with Crippen LogP contribution in [0.3, 0.4) is 0 Å². The summed E-state index contributed by atoms with van der Waals surface area (Å²) in [6, 6.07) is 4.49. The van der Waals surface area contributed by atoms with Gasteiger partial charge in [0, 0.05) is 24.1 Å². The molecular formula is C16H16ClFN4O. The van der Waals surface area contributed by atoms with E-state index in [9.17, 15) is 9.18 Å². The fraction of sp³-hybridized carbons (Fsp3) is 0.312. The molecule has 1 heterocycles. The molecule has 7 heteroatoms. The third kappa shape index (κ3) is 3.96. The van der Waals surface area contributed by atoms with E-state index in [4.69, 9.17) is 11.6 Å². The van der Waals surface area contributed by atoms with E-state index >= 15 is 0 Å². The van der Waals surface area contributed by atoms with E-state index in [-0.39, 0.29) is 17.0 Å². The smallest absolute Gasteiger partial charge is 0.254 e. The Hall–Kier alpha value is -2.21.